The molecule has 1 N–H and O–H groups in total. The highest BCUT2D eigenvalue weighted by atomic mass is 16.5. The molecule has 1 fully saturated rings. The second-order valence-electron chi connectivity index (χ2n) is 5.78. The van der Waals surface area contributed by atoms with Gasteiger partial charge < -0.3 is 10.1 Å². The SMILES string of the molecule is CCC1CN(CCC(C)(C)OC)C(CC)CN1. The van der Waals surface area contributed by atoms with Crippen molar-refractivity contribution in [2.75, 3.05) is 26.7 Å². The van der Waals surface area contributed by atoms with E-state index in [0.29, 0.717) is 12.1 Å². The molecule has 17 heavy (non-hydrogen) atoms. The first-order valence-corrected chi connectivity index (χ1v) is 7.05. The summed E-state index contributed by atoms with van der Waals surface area (Å²) in [4.78, 5) is 2.64. The third-order valence-corrected chi connectivity index (χ3v) is 4.13. The molecule has 2 atom stereocenters. The Labute approximate surface area is 107 Å². The van der Waals surface area contributed by atoms with E-state index < -0.39 is 0 Å². The summed E-state index contributed by atoms with van der Waals surface area (Å²) in [6.07, 6.45) is 3.56. The van der Waals surface area contributed by atoms with Crippen molar-refractivity contribution in [1.29, 1.82) is 0 Å². The zero-order valence-electron chi connectivity index (χ0n) is 12.3. The van der Waals surface area contributed by atoms with Gasteiger partial charge in [-0.2, -0.15) is 0 Å². The van der Waals surface area contributed by atoms with Crippen LogP contribution in [0.1, 0.15) is 47.0 Å². The van der Waals surface area contributed by atoms with Gasteiger partial charge in [-0.05, 0) is 33.1 Å². The Hall–Kier alpha value is -0.120. The normalized spacial score (nSPS) is 27.4. The molecule has 0 spiro atoms. The van der Waals surface area contributed by atoms with Crippen molar-refractivity contribution < 1.29 is 4.74 Å². The number of ether oxygens (including phenoxy) is 1. The molecule has 0 aliphatic carbocycles. The average molecular weight is 242 g/mol. The Bertz CT molecular complexity index is 218. The van der Waals surface area contributed by atoms with E-state index in [4.69, 9.17) is 4.74 Å². The fourth-order valence-electron chi connectivity index (χ4n) is 2.39. The Morgan fingerprint density at radius 1 is 1.29 bits per heavy atom. The van der Waals surface area contributed by atoms with Crippen LogP contribution in [0.15, 0.2) is 0 Å². The molecule has 0 bridgehead atoms. The average Bonchev–Trinajstić information content (AvgIpc) is 2.36. The second kappa shape index (κ2) is 6.72. The molecule has 0 radical (unpaired) electrons. The molecular formula is C14H30N2O. The number of nitrogens with one attached hydrogen (secondary N) is 1. The van der Waals surface area contributed by atoms with Gasteiger partial charge in [0.05, 0.1) is 5.60 Å². The molecule has 1 aliphatic heterocycles. The predicted octanol–water partition coefficient (Wildman–Crippen LogP) is 2.26. The molecule has 1 rings (SSSR count). The third-order valence-electron chi connectivity index (χ3n) is 4.13. The molecule has 0 aromatic rings. The standard InChI is InChI=1S/C14H30N2O/c1-6-12-11-16(13(7-2)10-15-12)9-8-14(3,4)17-5/h12-13,15H,6-11H2,1-5H3. The minimum atomic E-state index is 0.00484. The van der Waals surface area contributed by atoms with E-state index in [-0.39, 0.29) is 5.60 Å². The predicted molar refractivity (Wildman–Crippen MR) is 73.4 cm³/mol. The van der Waals surface area contributed by atoms with E-state index in [2.05, 4.69) is 37.9 Å². The molecule has 0 aromatic heterocycles. The molecule has 102 valence electrons. The van der Waals surface area contributed by atoms with E-state index in [1.165, 1.54) is 19.4 Å². The van der Waals surface area contributed by atoms with E-state index in [0.717, 1.165) is 19.5 Å². The first-order chi connectivity index (χ1) is 8.02. The highest BCUT2D eigenvalue weighted by Gasteiger charge is 2.27. The van der Waals surface area contributed by atoms with Gasteiger partial charge in [-0.25, -0.2) is 0 Å². The van der Waals surface area contributed by atoms with Crippen LogP contribution in [0.5, 0.6) is 0 Å². The Kier molecular flexibility index (Phi) is 5.90. The lowest BCUT2D eigenvalue weighted by Crippen LogP contribution is -2.56. The Morgan fingerprint density at radius 2 is 2.00 bits per heavy atom. The van der Waals surface area contributed by atoms with Gasteiger partial charge in [-0.15, -0.1) is 0 Å². The van der Waals surface area contributed by atoms with Gasteiger partial charge in [0.15, 0.2) is 0 Å². The van der Waals surface area contributed by atoms with Crippen LogP contribution >= 0.6 is 0 Å². The molecule has 0 aromatic carbocycles. The van der Waals surface area contributed by atoms with Crippen molar-refractivity contribution in [3.63, 3.8) is 0 Å². The fourth-order valence-corrected chi connectivity index (χ4v) is 2.39. The molecule has 3 nitrogen and oxygen atoms in total. The molecule has 1 saturated heterocycles. The summed E-state index contributed by atoms with van der Waals surface area (Å²) < 4.78 is 5.51. The number of piperazine rings is 1. The monoisotopic (exact) mass is 242 g/mol. The largest absolute Gasteiger partial charge is 0.379 e. The maximum absolute atomic E-state index is 5.51. The van der Waals surface area contributed by atoms with Gasteiger partial charge >= 0.3 is 0 Å². The minimum absolute atomic E-state index is 0.00484. The van der Waals surface area contributed by atoms with Crippen molar-refractivity contribution in [2.24, 2.45) is 0 Å². The summed E-state index contributed by atoms with van der Waals surface area (Å²) in [5.41, 5.74) is 0.00484. The van der Waals surface area contributed by atoms with Gasteiger partial charge in [0, 0.05) is 38.8 Å². The lowest BCUT2D eigenvalue weighted by Gasteiger charge is -2.41. The minimum Gasteiger partial charge on any atom is -0.379 e. The first-order valence-electron chi connectivity index (χ1n) is 7.05. The van der Waals surface area contributed by atoms with Crippen molar-refractivity contribution >= 4 is 0 Å². The van der Waals surface area contributed by atoms with Crippen molar-refractivity contribution in [2.45, 2.75) is 64.6 Å². The molecule has 0 amide bonds. The van der Waals surface area contributed by atoms with Crippen molar-refractivity contribution in [3.05, 3.63) is 0 Å². The zero-order valence-corrected chi connectivity index (χ0v) is 12.3. The van der Waals surface area contributed by atoms with Gasteiger partial charge in [-0.1, -0.05) is 13.8 Å². The number of nitrogens with zero attached hydrogens (tertiary/aromatic N) is 1. The van der Waals surface area contributed by atoms with Crippen LogP contribution in [0, 0.1) is 0 Å². The molecule has 0 saturated carbocycles. The summed E-state index contributed by atoms with van der Waals surface area (Å²) >= 11 is 0. The lowest BCUT2D eigenvalue weighted by atomic mass is 10.0. The van der Waals surface area contributed by atoms with Gasteiger partial charge in [-0.3, -0.25) is 4.90 Å². The van der Waals surface area contributed by atoms with Crippen molar-refractivity contribution in [1.82, 2.24) is 10.2 Å². The number of hydrogen-bond donors (Lipinski definition) is 1. The molecule has 3 heteroatoms. The molecular weight excluding hydrogens is 212 g/mol. The van der Waals surface area contributed by atoms with Gasteiger partial charge in [0.1, 0.15) is 0 Å². The van der Waals surface area contributed by atoms with Gasteiger partial charge in [0.25, 0.3) is 0 Å². The molecule has 1 aliphatic rings. The van der Waals surface area contributed by atoms with Crippen LogP contribution in [0.4, 0.5) is 0 Å². The quantitative estimate of drug-likeness (QED) is 0.773. The van der Waals surface area contributed by atoms with Crippen LogP contribution in [-0.2, 0) is 4.74 Å². The maximum Gasteiger partial charge on any atom is 0.0634 e. The van der Waals surface area contributed by atoms with E-state index in [9.17, 15) is 0 Å². The second-order valence-corrected chi connectivity index (χ2v) is 5.78. The maximum atomic E-state index is 5.51. The summed E-state index contributed by atoms with van der Waals surface area (Å²) in [7, 11) is 1.81. The van der Waals surface area contributed by atoms with Crippen molar-refractivity contribution in [3.8, 4) is 0 Å². The van der Waals surface area contributed by atoms with E-state index in [1.54, 1.807) is 0 Å². The van der Waals surface area contributed by atoms with Crippen LogP contribution in [0.2, 0.25) is 0 Å². The Morgan fingerprint density at radius 3 is 2.53 bits per heavy atom. The summed E-state index contributed by atoms with van der Waals surface area (Å²) in [5.74, 6) is 0. The lowest BCUT2D eigenvalue weighted by molar-refractivity contribution is -0.000596. The molecule has 2 unspecified atom stereocenters. The third kappa shape index (κ3) is 4.57. The number of hydrogen-bond acceptors (Lipinski definition) is 3. The van der Waals surface area contributed by atoms with E-state index >= 15 is 0 Å². The topological polar surface area (TPSA) is 24.5 Å². The summed E-state index contributed by atoms with van der Waals surface area (Å²) in [5, 5.41) is 3.64. The Balaban J connectivity index is 2.47. The number of rotatable bonds is 6. The van der Waals surface area contributed by atoms with Crippen LogP contribution in [0.3, 0.4) is 0 Å². The number of methoxy groups -OCH3 is 1. The first kappa shape index (κ1) is 14.9. The molecule has 1 heterocycles. The van der Waals surface area contributed by atoms with Crippen LogP contribution < -0.4 is 5.32 Å². The smallest absolute Gasteiger partial charge is 0.0634 e. The highest BCUT2D eigenvalue weighted by molar-refractivity contribution is 4.86. The summed E-state index contributed by atoms with van der Waals surface area (Å²) in [6, 6.07) is 1.37. The summed E-state index contributed by atoms with van der Waals surface area (Å²) in [6.45, 7) is 12.4. The van der Waals surface area contributed by atoms with E-state index in [1.807, 2.05) is 7.11 Å². The van der Waals surface area contributed by atoms with Gasteiger partial charge in [0.2, 0.25) is 0 Å². The fraction of sp³-hybridized carbons (Fsp3) is 1.00. The highest BCUT2D eigenvalue weighted by Crippen LogP contribution is 2.18. The zero-order chi connectivity index (χ0) is 12.9. The van der Waals surface area contributed by atoms with Crippen LogP contribution in [0.25, 0.3) is 0 Å². The van der Waals surface area contributed by atoms with Crippen LogP contribution in [-0.4, -0.2) is 49.3 Å².